The highest BCUT2D eigenvalue weighted by Gasteiger charge is 2.19. The van der Waals surface area contributed by atoms with Crippen LogP contribution in [0.3, 0.4) is 0 Å². The zero-order valence-corrected chi connectivity index (χ0v) is 26.7. The molecule has 0 amide bonds. The van der Waals surface area contributed by atoms with E-state index in [-0.39, 0.29) is 0 Å². The molecule has 3 heterocycles. The largest absolute Gasteiger partial charge is 0.455 e. The van der Waals surface area contributed by atoms with Gasteiger partial charge in [0.15, 0.2) is 17.5 Å². The quantitative estimate of drug-likeness (QED) is 0.187. The van der Waals surface area contributed by atoms with Crippen LogP contribution in [0.4, 0.5) is 0 Å². The summed E-state index contributed by atoms with van der Waals surface area (Å²) in [6, 6.07) is 55.7. The first-order valence-corrected chi connectivity index (χ1v) is 16.6. The minimum atomic E-state index is 0.540. The average Bonchev–Trinajstić information content (AvgIpc) is 3.76. The van der Waals surface area contributed by atoms with Crippen molar-refractivity contribution in [3.05, 3.63) is 164 Å². The summed E-state index contributed by atoms with van der Waals surface area (Å²) in [5.41, 5.74) is 10.2. The van der Waals surface area contributed by atoms with E-state index in [1.807, 2.05) is 84.9 Å². The maximum Gasteiger partial charge on any atom is 0.167 e. The first-order chi connectivity index (χ1) is 24.8. The first kappa shape index (κ1) is 28.2. The minimum absolute atomic E-state index is 0.540. The van der Waals surface area contributed by atoms with Gasteiger partial charge in [-0.3, -0.25) is 0 Å². The van der Waals surface area contributed by atoms with Crippen LogP contribution in [-0.2, 0) is 0 Å². The van der Waals surface area contributed by atoms with Gasteiger partial charge in [-0.15, -0.1) is 0 Å². The van der Waals surface area contributed by atoms with E-state index in [1.165, 1.54) is 0 Å². The number of fused-ring (bicyclic) bond motifs is 6. The molecule has 0 saturated carbocycles. The van der Waals surface area contributed by atoms with Crippen LogP contribution in [0.1, 0.15) is 0 Å². The van der Waals surface area contributed by atoms with E-state index < -0.39 is 0 Å². The molecule has 10 rings (SSSR count). The molecule has 0 unspecified atom stereocenters. The number of rotatable bonds is 5. The number of nitrogens with zero attached hydrogens (tertiary/aromatic N) is 3. The average molecular weight is 642 g/mol. The second kappa shape index (κ2) is 11.4. The fourth-order valence-electron chi connectivity index (χ4n) is 6.91. The Kier molecular flexibility index (Phi) is 6.42. The lowest BCUT2D eigenvalue weighted by Gasteiger charge is -2.08. The fourth-order valence-corrected chi connectivity index (χ4v) is 6.91. The van der Waals surface area contributed by atoms with E-state index in [0.29, 0.717) is 17.5 Å². The number of para-hydroxylation sites is 2. The van der Waals surface area contributed by atoms with Crippen molar-refractivity contribution in [1.29, 1.82) is 0 Å². The summed E-state index contributed by atoms with van der Waals surface area (Å²) in [4.78, 5) is 15.1. The van der Waals surface area contributed by atoms with Crippen molar-refractivity contribution in [1.82, 2.24) is 15.0 Å². The van der Waals surface area contributed by atoms with Crippen LogP contribution in [0.15, 0.2) is 173 Å². The van der Waals surface area contributed by atoms with Crippen molar-refractivity contribution >= 4 is 43.9 Å². The first-order valence-electron chi connectivity index (χ1n) is 16.6. The SMILES string of the molecule is c1ccc(-c2ccc3c(c2)oc2c(-c4nc(-c5ccccc5)nc(-c5ccc6c(c5)oc5c(-c7ccccc7)cccc56)n4)cccc23)cc1. The number of hydrogen-bond acceptors (Lipinski definition) is 5. The summed E-state index contributed by atoms with van der Waals surface area (Å²) in [5.74, 6) is 1.68. The summed E-state index contributed by atoms with van der Waals surface area (Å²) < 4.78 is 13.2. The van der Waals surface area contributed by atoms with Crippen molar-refractivity contribution in [2.24, 2.45) is 0 Å². The van der Waals surface area contributed by atoms with E-state index in [1.54, 1.807) is 0 Å². The Morgan fingerprint density at radius 2 is 0.780 bits per heavy atom. The van der Waals surface area contributed by atoms with E-state index in [4.69, 9.17) is 23.8 Å². The number of benzene rings is 7. The Morgan fingerprint density at radius 3 is 1.42 bits per heavy atom. The van der Waals surface area contributed by atoms with Gasteiger partial charge >= 0.3 is 0 Å². The topological polar surface area (TPSA) is 65.0 Å². The molecule has 3 aromatic heterocycles. The zero-order valence-electron chi connectivity index (χ0n) is 26.7. The summed E-state index contributed by atoms with van der Waals surface area (Å²) in [6.45, 7) is 0. The predicted octanol–water partition coefficient (Wildman–Crippen LogP) is 12.0. The molecule has 0 aliphatic heterocycles. The van der Waals surface area contributed by atoms with Gasteiger partial charge in [-0.1, -0.05) is 133 Å². The molecule has 0 saturated heterocycles. The minimum Gasteiger partial charge on any atom is -0.455 e. The molecular weight excluding hydrogens is 615 g/mol. The molecule has 0 aliphatic carbocycles. The molecule has 234 valence electrons. The predicted molar refractivity (Wildman–Crippen MR) is 202 cm³/mol. The molecule has 0 spiro atoms. The van der Waals surface area contributed by atoms with Gasteiger partial charge in [0, 0.05) is 38.2 Å². The Morgan fingerprint density at radius 1 is 0.300 bits per heavy atom. The van der Waals surface area contributed by atoms with Crippen molar-refractivity contribution in [3.8, 4) is 56.4 Å². The van der Waals surface area contributed by atoms with Gasteiger partial charge in [0.25, 0.3) is 0 Å². The highest BCUT2D eigenvalue weighted by atomic mass is 16.3. The van der Waals surface area contributed by atoms with Gasteiger partial charge in [-0.2, -0.15) is 0 Å². The second-order valence-corrected chi connectivity index (χ2v) is 12.4. The van der Waals surface area contributed by atoms with Crippen molar-refractivity contribution < 1.29 is 8.83 Å². The highest BCUT2D eigenvalue weighted by Crippen LogP contribution is 2.39. The normalized spacial score (nSPS) is 11.6. The zero-order chi connectivity index (χ0) is 33.0. The molecule has 0 atom stereocenters. The van der Waals surface area contributed by atoms with Crippen LogP contribution in [0.5, 0.6) is 0 Å². The number of aromatic nitrogens is 3. The highest BCUT2D eigenvalue weighted by molar-refractivity contribution is 6.11. The molecule has 0 aliphatic rings. The van der Waals surface area contributed by atoms with Gasteiger partial charge in [-0.25, -0.2) is 15.0 Å². The third kappa shape index (κ3) is 4.67. The maximum atomic E-state index is 6.61. The Balaban J connectivity index is 1.15. The van der Waals surface area contributed by atoms with Crippen LogP contribution < -0.4 is 0 Å². The summed E-state index contributed by atoms with van der Waals surface area (Å²) >= 11 is 0. The van der Waals surface area contributed by atoms with Crippen LogP contribution in [0.2, 0.25) is 0 Å². The molecule has 0 fully saturated rings. The van der Waals surface area contributed by atoms with E-state index in [0.717, 1.165) is 82.8 Å². The Labute approximate surface area is 287 Å². The monoisotopic (exact) mass is 641 g/mol. The lowest BCUT2D eigenvalue weighted by molar-refractivity contribution is 0.669. The van der Waals surface area contributed by atoms with Crippen LogP contribution in [-0.4, -0.2) is 15.0 Å². The lowest BCUT2D eigenvalue weighted by atomic mass is 10.0. The van der Waals surface area contributed by atoms with Gasteiger partial charge in [0.1, 0.15) is 22.3 Å². The fraction of sp³-hybridized carbons (Fsp3) is 0. The third-order valence-corrected chi connectivity index (χ3v) is 9.36. The van der Waals surface area contributed by atoms with E-state index in [2.05, 4.69) is 78.9 Å². The van der Waals surface area contributed by atoms with Crippen LogP contribution >= 0.6 is 0 Å². The van der Waals surface area contributed by atoms with E-state index >= 15 is 0 Å². The van der Waals surface area contributed by atoms with Crippen molar-refractivity contribution in [2.45, 2.75) is 0 Å². The van der Waals surface area contributed by atoms with Gasteiger partial charge in [-0.05, 0) is 47.0 Å². The summed E-state index contributed by atoms with van der Waals surface area (Å²) in [7, 11) is 0. The molecule has 5 nitrogen and oxygen atoms in total. The van der Waals surface area contributed by atoms with Gasteiger partial charge in [0.05, 0.1) is 5.56 Å². The van der Waals surface area contributed by atoms with Gasteiger partial charge in [0.2, 0.25) is 0 Å². The summed E-state index contributed by atoms with van der Waals surface area (Å²) in [5, 5.41) is 4.17. The van der Waals surface area contributed by atoms with Gasteiger partial charge < -0.3 is 8.83 Å². The summed E-state index contributed by atoms with van der Waals surface area (Å²) in [6.07, 6.45) is 0. The van der Waals surface area contributed by atoms with Crippen LogP contribution in [0.25, 0.3) is 100 Å². The lowest BCUT2D eigenvalue weighted by Crippen LogP contribution is -2.00. The maximum absolute atomic E-state index is 6.61. The molecule has 7 aromatic carbocycles. The standard InChI is InChI=1S/C45H27N3O2/c1-4-12-28(13-5-1)31-22-24-34-37-20-11-21-38(42(37)50-39(34)26-31)45-47-43(30-16-8-3-9-17-30)46-44(48-45)32-23-25-35-36-19-10-18-33(29-14-6-2-7-15-29)41(36)49-40(35)27-32/h1-27H. The molecular formula is C45H27N3O2. The Bertz CT molecular complexity index is 2860. The molecule has 5 heteroatoms. The molecule has 10 aromatic rings. The molecule has 0 bridgehead atoms. The molecule has 0 N–H and O–H groups in total. The third-order valence-electron chi connectivity index (χ3n) is 9.36. The molecule has 0 radical (unpaired) electrons. The van der Waals surface area contributed by atoms with Crippen molar-refractivity contribution in [3.63, 3.8) is 0 Å². The Hall–Kier alpha value is -6.85. The number of furan rings is 2. The van der Waals surface area contributed by atoms with Crippen molar-refractivity contribution in [2.75, 3.05) is 0 Å². The van der Waals surface area contributed by atoms with Crippen LogP contribution in [0, 0.1) is 0 Å². The second-order valence-electron chi connectivity index (χ2n) is 12.4. The van der Waals surface area contributed by atoms with E-state index in [9.17, 15) is 0 Å². The number of hydrogen-bond donors (Lipinski definition) is 0. The molecule has 50 heavy (non-hydrogen) atoms. The smallest absolute Gasteiger partial charge is 0.167 e.